The van der Waals surface area contributed by atoms with Crippen LogP contribution in [0.5, 0.6) is 0 Å². The van der Waals surface area contributed by atoms with Gasteiger partial charge in [-0.3, -0.25) is 0 Å². The molecule has 0 radical (unpaired) electrons. The van der Waals surface area contributed by atoms with E-state index in [2.05, 4.69) is 6.92 Å². The SMILES string of the molecule is C[C@H]1[C@@H]2CC[C@@H]1[C@H](OC(=O)c1ccccc1)/C=C\C=C\C(=O)O[C@H]1[C@@H](C)C[C@@H]3[C@]1(O)[C@H](O)[C@@]1(C)O[C@H]1[C@H]1[C@H]4OC5(c6ccccc6)O[C@@H]([C@@H](C)[C@@]13O5)[C@@]4(O)[C@](C)(O)C2. The van der Waals surface area contributed by atoms with Gasteiger partial charge in [-0.2, -0.15) is 0 Å². The summed E-state index contributed by atoms with van der Waals surface area (Å²) < 4.78 is 39.9. The molecule has 4 aliphatic carbocycles. The van der Waals surface area contributed by atoms with E-state index in [0.29, 0.717) is 30.4 Å². The van der Waals surface area contributed by atoms with E-state index in [1.807, 2.05) is 50.2 Å². The van der Waals surface area contributed by atoms with Crippen LogP contribution in [-0.4, -0.2) is 97.0 Å². The molecule has 0 amide bonds. The van der Waals surface area contributed by atoms with E-state index in [4.69, 9.17) is 28.4 Å². The number of aliphatic hydroxyl groups is 4. The Morgan fingerprint density at radius 3 is 2.26 bits per heavy atom. The molecule has 1 unspecified atom stereocenters. The van der Waals surface area contributed by atoms with Crippen LogP contribution in [0.25, 0.3) is 0 Å². The molecule has 12 rings (SSSR count). The maximum absolute atomic E-state index is 13.7. The molecule has 4 N–H and O–H groups in total. The van der Waals surface area contributed by atoms with Crippen molar-refractivity contribution in [2.45, 2.75) is 131 Å². The highest BCUT2D eigenvalue weighted by molar-refractivity contribution is 5.89. The minimum Gasteiger partial charge on any atom is -0.456 e. The summed E-state index contributed by atoms with van der Waals surface area (Å²) in [5.41, 5.74) is -7.62. The summed E-state index contributed by atoms with van der Waals surface area (Å²) in [4.78, 5) is 27.2. The number of aliphatic hydroxyl groups excluding tert-OH is 1. The molecule has 58 heavy (non-hydrogen) atoms. The molecular formula is C46H54O12. The molecule has 11 bridgehead atoms. The molecule has 12 heteroatoms. The van der Waals surface area contributed by atoms with Gasteiger partial charge in [-0.1, -0.05) is 81.5 Å². The van der Waals surface area contributed by atoms with Crippen LogP contribution in [0.3, 0.4) is 0 Å². The van der Waals surface area contributed by atoms with E-state index in [9.17, 15) is 30.0 Å². The Balaban J connectivity index is 1.13. The number of esters is 2. The highest BCUT2D eigenvalue weighted by Gasteiger charge is 2.90. The lowest BCUT2D eigenvalue weighted by molar-refractivity contribution is -0.595. The standard InChI is InChI=1S/C46H54O12/c1-24-22-32-43(51)35(24)54-33(47)19-13-12-18-31(53-39(48)27-14-8-6-9-15-27)30-21-20-28(25(30)2)23-41(4,50)45(52)36-26(3)44(32)34(37-42(5,55-37)40(43)49)38(45)57-46(56-36,58-44)29-16-10-7-11-17-29/h6-19,24-26,28,30-32,34-38,40,49-52H,20-23H2,1-5H3/b18-12-,19-13+/t24-,25-,26+,28+,30-,31+,32+,34-,35-,36-,37-,38+,40+,41+,42-,43+,44-,45-,46?/m0/s1. The highest BCUT2D eigenvalue weighted by atomic mass is 16.9. The van der Waals surface area contributed by atoms with Crippen LogP contribution in [-0.2, 0) is 39.2 Å². The van der Waals surface area contributed by atoms with Gasteiger partial charge in [-0.25, -0.2) is 9.59 Å². The van der Waals surface area contributed by atoms with Crippen LogP contribution in [0.2, 0.25) is 0 Å². The van der Waals surface area contributed by atoms with Crippen molar-refractivity contribution in [3.8, 4) is 0 Å². The molecule has 6 heterocycles. The Morgan fingerprint density at radius 1 is 0.845 bits per heavy atom. The van der Waals surface area contributed by atoms with Gasteiger partial charge < -0.3 is 48.8 Å². The van der Waals surface area contributed by atoms with E-state index in [1.165, 1.54) is 12.2 Å². The second-order valence-electron chi connectivity index (χ2n) is 19.0. The van der Waals surface area contributed by atoms with Crippen molar-refractivity contribution in [1.29, 1.82) is 0 Å². The lowest BCUT2D eigenvalue weighted by atomic mass is 9.49. The Bertz CT molecular complexity index is 2040. The van der Waals surface area contributed by atoms with Crippen molar-refractivity contribution in [3.05, 3.63) is 96.1 Å². The summed E-state index contributed by atoms with van der Waals surface area (Å²) in [6.45, 7) is 9.26. The summed E-state index contributed by atoms with van der Waals surface area (Å²) in [5.74, 6) is -6.12. The van der Waals surface area contributed by atoms with Crippen molar-refractivity contribution in [3.63, 3.8) is 0 Å². The number of hydrogen-bond donors (Lipinski definition) is 4. The van der Waals surface area contributed by atoms with E-state index in [1.54, 1.807) is 50.3 Å². The molecule has 19 atom stereocenters. The van der Waals surface area contributed by atoms with Crippen molar-refractivity contribution < 1.29 is 58.4 Å². The first-order valence-electron chi connectivity index (χ1n) is 21.0. The number of epoxide rings is 1. The van der Waals surface area contributed by atoms with Crippen molar-refractivity contribution in [2.24, 2.45) is 41.4 Å². The summed E-state index contributed by atoms with van der Waals surface area (Å²) >= 11 is 0. The molecular weight excluding hydrogens is 744 g/mol. The zero-order valence-electron chi connectivity index (χ0n) is 33.5. The van der Waals surface area contributed by atoms with Crippen molar-refractivity contribution in [2.75, 3.05) is 0 Å². The number of allylic oxidation sites excluding steroid dienone is 2. The van der Waals surface area contributed by atoms with E-state index < -0.39 is 106 Å². The largest absolute Gasteiger partial charge is 0.456 e. The number of carbonyl (C=O) groups excluding carboxylic acids is 2. The second kappa shape index (κ2) is 12.8. The van der Waals surface area contributed by atoms with Gasteiger partial charge in [0.2, 0.25) is 0 Å². The zero-order valence-corrected chi connectivity index (χ0v) is 33.5. The van der Waals surface area contributed by atoms with E-state index in [-0.39, 0.29) is 24.2 Å². The fourth-order valence-electron chi connectivity index (χ4n) is 13.2. The van der Waals surface area contributed by atoms with Crippen molar-refractivity contribution >= 4 is 11.9 Å². The first-order chi connectivity index (χ1) is 27.5. The number of ether oxygens (including phenoxy) is 6. The Hall–Kier alpha value is -3.46. The molecule has 310 valence electrons. The smallest absolute Gasteiger partial charge is 0.338 e. The van der Waals surface area contributed by atoms with Gasteiger partial charge in [0.1, 0.15) is 47.3 Å². The van der Waals surface area contributed by atoms with Gasteiger partial charge in [-0.05, 0) is 75.5 Å². The second-order valence-corrected chi connectivity index (χ2v) is 19.0. The number of hydrogen-bond acceptors (Lipinski definition) is 12. The molecule has 2 aromatic carbocycles. The van der Waals surface area contributed by atoms with E-state index >= 15 is 0 Å². The Labute approximate surface area is 338 Å². The van der Waals surface area contributed by atoms with Gasteiger partial charge in [0.05, 0.1) is 22.9 Å². The molecule has 12 nitrogen and oxygen atoms in total. The first-order valence-corrected chi connectivity index (χ1v) is 21.0. The predicted octanol–water partition coefficient (Wildman–Crippen LogP) is 4.33. The van der Waals surface area contributed by atoms with Gasteiger partial charge in [0, 0.05) is 35.3 Å². The monoisotopic (exact) mass is 798 g/mol. The molecule has 4 saturated carbocycles. The summed E-state index contributed by atoms with van der Waals surface area (Å²) in [6, 6.07) is 17.9. The number of rotatable bonds is 3. The lowest BCUT2D eigenvalue weighted by Gasteiger charge is -2.74. The lowest BCUT2D eigenvalue weighted by Crippen LogP contribution is -2.89. The third-order valence-electron chi connectivity index (χ3n) is 16.1. The molecule has 1 spiro atoms. The van der Waals surface area contributed by atoms with Gasteiger partial charge >= 0.3 is 17.9 Å². The number of carbonyl (C=O) groups is 2. The fraction of sp³-hybridized carbons (Fsp3) is 0.609. The maximum Gasteiger partial charge on any atom is 0.338 e. The maximum atomic E-state index is 13.7. The minimum absolute atomic E-state index is 0.0685. The van der Waals surface area contributed by atoms with Crippen molar-refractivity contribution in [1.82, 2.24) is 0 Å². The summed E-state index contributed by atoms with van der Waals surface area (Å²) in [5, 5.41) is 52.3. The Kier molecular flexibility index (Phi) is 8.53. The minimum atomic E-state index is -2.07. The predicted molar refractivity (Wildman–Crippen MR) is 205 cm³/mol. The normalized spacial score (nSPS) is 53.5. The van der Waals surface area contributed by atoms with Crippen LogP contribution in [0.15, 0.2) is 85.0 Å². The zero-order chi connectivity index (χ0) is 40.8. The molecule has 4 saturated heterocycles. The van der Waals surface area contributed by atoms with Crippen LogP contribution >= 0.6 is 0 Å². The average molecular weight is 799 g/mol. The molecule has 0 aromatic heterocycles. The fourth-order valence-corrected chi connectivity index (χ4v) is 13.2. The number of fused-ring (bicyclic) bond motifs is 6. The topological polar surface area (TPSA) is 174 Å². The summed E-state index contributed by atoms with van der Waals surface area (Å²) in [6.07, 6.45) is 1.70. The quantitative estimate of drug-likeness (QED) is 0.256. The van der Waals surface area contributed by atoms with Gasteiger partial charge in [0.25, 0.3) is 0 Å². The van der Waals surface area contributed by atoms with Crippen LogP contribution in [0.4, 0.5) is 0 Å². The first kappa shape index (κ1) is 38.7. The van der Waals surface area contributed by atoms with Gasteiger partial charge in [-0.15, -0.1) is 0 Å². The molecule has 2 aromatic rings. The molecule has 6 aliphatic heterocycles. The third-order valence-corrected chi connectivity index (χ3v) is 16.1. The average Bonchev–Trinajstić information content (AvgIpc) is 3.68. The van der Waals surface area contributed by atoms with Crippen LogP contribution in [0.1, 0.15) is 76.2 Å². The molecule has 8 fully saturated rings. The molecule has 10 aliphatic rings. The van der Waals surface area contributed by atoms with Crippen LogP contribution in [0, 0.1) is 41.4 Å². The highest BCUT2D eigenvalue weighted by Crippen LogP contribution is 2.75. The van der Waals surface area contributed by atoms with Gasteiger partial charge in [0.15, 0.2) is 0 Å². The number of benzene rings is 2. The van der Waals surface area contributed by atoms with Crippen LogP contribution < -0.4 is 0 Å². The Morgan fingerprint density at radius 2 is 1.53 bits per heavy atom. The third kappa shape index (κ3) is 4.97. The summed E-state index contributed by atoms with van der Waals surface area (Å²) in [7, 11) is 0. The van der Waals surface area contributed by atoms with E-state index in [0.717, 1.165) is 0 Å².